The van der Waals surface area contributed by atoms with Crippen LogP contribution in [0.2, 0.25) is 10.0 Å². The molecule has 1 heterocycles. The molecule has 0 spiro atoms. The predicted molar refractivity (Wildman–Crippen MR) is 120 cm³/mol. The van der Waals surface area contributed by atoms with Crippen LogP contribution in [-0.4, -0.2) is 61.4 Å². The largest absolute Gasteiger partial charge is 0.492 e. The summed E-state index contributed by atoms with van der Waals surface area (Å²) in [6.07, 6.45) is 0.859. The standard InChI is InChI=1S/C22H25Cl2N3O3/c1-26-10-12-27(13-11-26)22(29)16-4-7-18(8-5-16)25-21(28)3-2-14-30-20-9-6-17(23)15-19(20)24/h4-9,15H,2-3,10-14H2,1H3,(H,25,28). The molecule has 6 nitrogen and oxygen atoms in total. The van der Waals surface area contributed by atoms with Gasteiger partial charge in [0, 0.05) is 48.9 Å². The molecule has 1 saturated heterocycles. The second-order valence-corrected chi connectivity index (χ2v) is 8.09. The van der Waals surface area contributed by atoms with E-state index < -0.39 is 0 Å². The molecule has 0 saturated carbocycles. The summed E-state index contributed by atoms with van der Waals surface area (Å²) in [7, 11) is 2.05. The fourth-order valence-electron chi connectivity index (χ4n) is 3.12. The van der Waals surface area contributed by atoms with Crippen molar-refractivity contribution in [1.29, 1.82) is 0 Å². The van der Waals surface area contributed by atoms with Gasteiger partial charge < -0.3 is 19.9 Å². The molecule has 160 valence electrons. The van der Waals surface area contributed by atoms with Gasteiger partial charge in [0.25, 0.3) is 5.91 Å². The third kappa shape index (κ3) is 6.36. The second kappa shape index (κ2) is 10.7. The van der Waals surface area contributed by atoms with Crippen LogP contribution in [0.3, 0.4) is 0 Å². The van der Waals surface area contributed by atoms with Crippen LogP contribution < -0.4 is 10.1 Å². The van der Waals surface area contributed by atoms with Gasteiger partial charge in [-0.1, -0.05) is 23.2 Å². The Labute approximate surface area is 186 Å². The molecule has 2 aromatic carbocycles. The molecule has 1 aliphatic heterocycles. The summed E-state index contributed by atoms with van der Waals surface area (Å²) in [6.45, 7) is 3.60. The Kier molecular flexibility index (Phi) is 7.96. The molecular formula is C22H25Cl2N3O3. The smallest absolute Gasteiger partial charge is 0.253 e. The molecule has 2 aromatic rings. The van der Waals surface area contributed by atoms with Crippen LogP contribution in [0, 0.1) is 0 Å². The maximum absolute atomic E-state index is 12.6. The zero-order valence-electron chi connectivity index (χ0n) is 16.9. The van der Waals surface area contributed by atoms with Gasteiger partial charge in [0.2, 0.25) is 5.91 Å². The Morgan fingerprint density at radius 3 is 2.40 bits per heavy atom. The number of amides is 2. The summed E-state index contributed by atoms with van der Waals surface area (Å²) in [5.74, 6) is 0.458. The van der Waals surface area contributed by atoms with Gasteiger partial charge in [-0.3, -0.25) is 9.59 Å². The number of hydrogen-bond donors (Lipinski definition) is 1. The Morgan fingerprint density at radius 2 is 1.73 bits per heavy atom. The Balaban J connectivity index is 1.41. The van der Waals surface area contributed by atoms with E-state index in [0.717, 1.165) is 26.2 Å². The van der Waals surface area contributed by atoms with E-state index in [4.69, 9.17) is 27.9 Å². The first kappa shape index (κ1) is 22.4. The highest BCUT2D eigenvalue weighted by molar-refractivity contribution is 6.35. The summed E-state index contributed by atoms with van der Waals surface area (Å²) >= 11 is 11.9. The molecule has 1 N–H and O–H groups in total. The highest BCUT2D eigenvalue weighted by atomic mass is 35.5. The van der Waals surface area contributed by atoms with E-state index in [-0.39, 0.29) is 11.8 Å². The van der Waals surface area contributed by atoms with Crippen molar-refractivity contribution >= 4 is 40.7 Å². The van der Waals surface area contributed by atoms with Crippen LogP contribution >= 0.6 is 23.2 Å². The Bertz CT molecular complexity index is 882. The van der Waals surface area contributed by atoms with E-state index in [0.29, 0.717) is 46.5 Å². The number of anilines is 1. The van der Waals surface area contributed by atoms with Gasteiger partial charge in [-0.05, 0) is 55.9 Å². The average molecular weight is 450 g/mol. The number of ether oxygens (including phenoxy) is 1. The first-order valence-electron chi connectivity index (χ1n) is 9.88. The lowest BCUT2D eigenvalue weighted by Crippen LogP contribution is -2.47. The van der Waals surface area contributed by atoms with Crippen molar-refractivity contribution in [1.82, 2.24) is 9.80 Å². The highest BCUT2D eigenvalue weighted by Crippen LogP contribution is 2.27. The van der Waals surface area contributed by atoms with Crippen molar-refractivity contribution in [3.8, 4) is 5.75 Å². The number of piperazine rings is 1. The number of nitrogens with one attached hydrogen (secondary N) is 1. The van der Waals surface area contributed by atoms with Crippen molar-refractivity contribution in [3.63, 3.8) is 0 Å². The van der Waals surface area contributed by atoms with Crippen LogP contribution in [0.15, 0.2) is 42.5 Å². The second-order valence-electron chi connectivity index (χ2n) is 7.25. The van der Waals surface area contributed by atoms with Crippen molar-refractivity contribution in [2.24, 2.45) is 0 Å². The van der Waals surface area contributed by atoms with Crippen molar-refractivity contribution in [3.05, 3.63) is 58.1 Å². The van der Waals surface area contributed by atoms with E-state index in [2.05, 4.69) is 17.3 Å². The molecule has 8 heteroatoms. The molecule has 2 amide bonds. The number of halogens is 2. The number of carbonyl (C=O) groups excluding carboxylic acids is 2. The quantitative estimate of drug-likeness (QED) is 0.643. The topological polar surface area (TPSA) is 61.9 Å². The monoisotopic (exact) mass is 449 g/mol. The van der Waals surface area contributed by atoms with Crippen molar-refractivity contribution < 1.29 is 14.3 Å². The molecule has 1 fully saturated rings. The van der Waals surface area contributed by atoms with E-state index in [1.807, 2.05) is 4.90 Å². The van der Waals surface area contributed by atoms with Crippen molar-refractivity contribution in [2.75, 3.05) is 45.2 Å². The third-order valence-electron chi connectivity index (χ3n) is 4.91. The van der Waals surface area contributed by atoms with Crippen LogP contribution in [0.5, 0.6) is 5.75 Å². The van der Waals surface area contributed by atoms with Crippen LogP contribution in [0.1, 0.15) is 23.2 Å². The minimum absolute atomic E-state index is 0.0268. The van der Waals surface area contributed by atoms with Gasteiger partial charge >= 0.3 is 0 Å². The lowest BCUT2D eigenvalue weighted by molar-refractivity contribution is -0.116. The fraction of sp³-hybridized carbons (Fsp3) is 0.364. The zero-order valence-corrected chi connectivity index (χ0v) is 18.4. The summed E-state index contributed by atoms with van der Waals surface area (Å²) in [5, 5.41) is 3.83. The van der Waals surface area contributed by atoms with Gasteiger partial charge in [0.05, 0.1) is 11.6 Å². The first-order chi connectivity index (χ1) is 14.4. The average Bonchev–Trinajstić information content (AvgIpc) is 2.73. The number of benzene rings is 2. The van der Waals surface area contributed by atoms with Gasteiger partial charge in [-0.15, -0.1) is 0 Å². The Morgan fingerprint density at radius 1 is 1.03 bits per heavy atom. The molecule has 0 aromatic heterocycles. The number of hydrogen-bond acceptors (Lipinski definition) is 4. The molecule has 0 atom stereocenters. The number of carbonyl (C=O) groups is 2. The molecule has 3 rings (SSSR count). The normalized spacial score (nSPS) is 14.4. The summed E-state index contributed by atoms with van der Waals surface area (Å²) in [4.78, 5) is 28.8. The van der Waals surface area contributed by atoms with Gasteiger partial charge in [-0.25, -0.2) is 0 Å². The molecular weight excluding hydrogens is 425 g/mol. The zero-order chi connectivity index (χ0) is 21.5. The molecule has 0 unspecified atom stereocenters. The predicted octanol–water partition coefficient (Wildman–Crippen LogP) is 4.18. The fourth-order valence-corrected chi connectivity index (χ4v) is 3.58. The van der Waals surface area contributed by atoms with Crippen LogP contribution in [-0.2, 0) is 4.79 Å². The molecule has 0 aliphatic carbocycles. The van der Waals surface area contributed by atoms with Gasteiger partial charge in [-0.2, -0.15) is 0 Å². The summed E-state index contributed by atoms with van der Waals surface area (Å²) in [5.41, 5.74) is 1.29. The summed E-state index contributed by atoms with van der Waals surface area (Å²) in [6, 6.07) is 12.0. The van der Waals surface area contributed by atoms with E-state index in [9.17, 15) is 9.59 Å². The lowest BCUT2D eigenvalue weighted by atomic mass is 10.1. The third-order valence-corrected chi connectivity index (χ3v) is 5.44. The molecule has 30 heavy (non-hydrogen) atoms. The van der Waals surface area contributed by atoms with Gasteiger partial charge in [0.1, 0.15) is 5.75 Å². The Hall–Kier alpha value is -2.28. The van der Waals surface area contributed by atoms with Crippen molar-refractivity contribution in [2.45, 2.75) is 12.8 Å². The van der Waals surface area contributed by atoms with Crippen LogP contribution in [0.25, 0.3) is 0 Å². The highest BCUT2D eigenvalue weighted by Gasteiger charge is 2.20. The molecule has 0 radical (unpaired) electrons. The minimum atomic E-state index is -0.112. The van der Waals surface area contributed by atoms with Crippen LogP contribution in [0.4, 0.5) is 5.69 Å². The number of rotatable bonds is 7. The van der Waals surface area contributed by atoms with E-state index in [1.54, 1.807) is 42.5 Å². The van der Waals surface area contributed by atoms with E-state index >= 15 is 0 Å². The SMILES string of the molecule is CN1CCN(C(=O)c2ccc(NC(=O)CCCOc3ccc(Cl)cc3Cl)cc2)CC1. The minimum Gasteiger partial charge on any atom is -0.492 e. The molecule has 0 bridgehead atoms. The number of likely N-dealkylation sites (N-methyl/N-ethyl adjacent to an activating group) is 1. The maximum Gasteiger partial charge on any atom is 0.253 e. The van der Waals surface area contributed by atoms with E-state index in [1.165, 1.54) is 0 Å². The number of nitrogens with zero attached hydrogens (tertiary/aromatic N) is 2. The lowest BCUT2D eigenvalue weighted by Gasteiger charge is -2.32. The summed E-state index contributed by atoms with van der Waals surface area (Å²) < 4.78 is 5.58. The molecule has 1 aliphatic rings. The first-order valence-corrected chi connectivity index (χ1v) is 10.6. The van der Waals surface area contributed by atoms with Gasteiger partial charge in [0.15, 0.2) is 0 Å². The maximum atomic E-state index is 12.6.